The summed E-state index contributed by atoms with van der Waals surface area (Å²) >= 11 is 0. The lowest BCUT2D eigenvalue weighted by atomic mass is 9.95. The van der Waals surface area contributed by atoms with Crippen LogP contribution in [0.3, 0.4) is 0 Å². The van der Waals surface area contributed by atoms with Gasteiger partial charge in [-0.1, -0.05) is 33.6 Å². The summed E-state index contributed by atoms with van der Waals surface area (Å²) in [5.41, 5.74) is 1.54. The Labute approximate surface area is 128 Å². The second-order valence-electron chi connectivity index (χ2n) is 5.65. The lowest BCUT2D eigenvalue weighted by Gasteiger charge is -2.22. The zero-order chi connectivity index (χ0) is 15.8. The number of carbonyl (C=O) groups excluding carboxylic acids is 1. The molecular formula is C17H29N3O. The highest BCUT2D eigenvalue weighted by atomic mass is 16.1. The van der Waals surface area contributed by atoms with Gasteiger partial charge in [0.1, 0.15) is 5.82 Å². The van der Waals surface area contributed by atoms with Gasteiger partial charge in [-0.25, -0.2) is 4.98 Å². The Balaban J connectivity index is 2.79. The molecule has 1 heterocycles. The highest BCUT2D eigenvalue weighted by Crippen LogP contribution is 2.15. The van der Waals surface area contributed by atoms with Gasteiger partial charge in [-0.15, -0.1) is 0 Å². The summed E-state index contributed by atoms with van der Waals surface area (Å²) in [6, 6.07) is 3.86. The van der Waals surface area contributed by atoms with Crippen molar-refractivity contribution in [2.45, 2.75) is 59.9 Å². The number of anilines is 1. The third-order valence-corrected chi connectivity index (χ3v) is 3.89. The SMILES string of the molecule is CCCNc1cc(C(=O)NC(C)C(CC)CC)cc(C)n1. The second-order valence-corrected chi connectivity index (χ2v) is 5.65. The topological polar surface area (TPSA) is 54.0 Å². The van der Waals surface area contributed by atoms with Crippen LogP contribution in [0, 0.1) is 12.8 Å². The van der Waals surface area contributed by atoms with Crippen molar-refractivity contribution in [1.82, 2.24) is 10.3 Å². The minimum atomic E-state index is -0.0144. The van der Waals surface area contributed by atoms with Gasteiger partial charge in [0.2, 0.25) is 0 Å². The lowest BCUT2D eigenvalue weighted by molar-refractivity contribution is 0.0925. The summed E-state index contributed by atoms with van der Waals surface area (Å²) < 4.78 is 0. The quantitative estimate of drug-likeness (QED) is 0.766. The van der Waals surface area contributed by atoms with Gasteiger partial charge < -0.3 is 10.6 Å². The molecule has 0 aliphatic rings. The molecule has 0 fully saturated rings. The van der Waals surface area contributed by atoms with Crippen LogP contribution in [0.25, 0.3) is 0 Å². The summed E-state index contributed by atoms with van der Waals surface area (Å²) in [5.74, 6) is 1.28. The monoisotopic (exact) mass is 291 g/mol. The van der Waals surface area contributed by atoms with Gasteiger partial charge in [0.15, 0.2) is 0 Å². The fourth-order valence-corrected chi connectivity index (χ4v) is 2.55. The van der Waals surface area contributed by atoms with Gasteiger partial charge in [-0.3, -0.25) is 4.79 Å². The summed E-state index contributed by atoms with van der Waals surface area (Å²) in [5, 5.41) is 6.35. The van der Waals surface area contributed by atoms with Crippen molar-refractivity contribution >= 4 is 11.7 Å². The van der Waals surface area contributed by atoms with Crippen LogP contribution in [0.15, 0.2) is 12.1 Å². The van der Waals surface area contributed by atoms with E-state index in [0.29, 0.717) is 11.5 Å². The predicted octanol–water partition coefficient (Wildman–Crippen LogP) is 3.77. The van der Waals surface area contributed by atoms with Crippen LogP contribution in [0.2, 0.25) is 0 Å². The number of aromatic nitrogens is 1. The first-order valence-electron chi connectivity index (χ1n) is 8.05. The molecule has 0 aliphatic carbocycles. The van der Waals surface area contributed by atoms with E-state index in [1.54, 1.807) is 0 Å². The van der Waals surface area contributed by atoms with Crippen LogP contribution in [-0.2, 0) is 0 Å². The molecule has 0 saturated carbocycles. The maximum absolute atomic E-state index is 12.4. The number of hydrogen-bond donors (Lipinski definition) is 2. The van der Waals surface area contributed by atoms with Crippen LogP contribution in [0.4, 0.5) is 5.82 Å². The predicted molar refractivity (Wildman–Crippen MR) is 88.8 cm³/mol. The van der Waals surface area contributed by atoms with Crippen molar-refractivity contribution in [1.29, 1.82) is 0 Å². The molecular weight excluding hydrogens is 262 g/mol. The molecule has 0 aliphatic heterocycles. The smallest absolute Gasteiger partial charge is 0.251 e. The maximum atomic E-state index is 12.4. The first-order chi connectivity index (χ1) is 10.0. The highest BCUT2D eigenvalue weighted by molar-refractivity contribution is 5.95. The number of nitrogens with one attached hydrogen (secondary N) is 2. The number of pyridine rings is 1. The van der Waals surface area contributed by atoms with E-state index in [-0.39, 0.29) is 11.9 Å². The number of amides is 1. The van der Waals surface area contributed by atoms with Gasteiger partial charge in [0.05, 0.1) is 0 Å². The molecule has 0 spiro atoms. The zero-order valence-electron chi connectivity index (χ0n) is 14.0. The molecule has 21 heavy (non-hydrogen) atoms. The number of carbonyl (C=O) groups is 1. The third kappa shape index (κ3) is 5.37. The summed E-state index contributed by atoms with van der Waals surface area (Å²) in [6.45, 7) is 11.3. The Morgan fingerprint density at radius 3 is 2.48 bits per heavy atom. The minimum Gasteiger partial charge on any atom is -0.370 e. The van der Waals surface area contributed by atoms with E-state index in [9.17, 15) is 4.79 Å². The summed E-state index contributed by atoms with van der Waals surface area (Å²) in [6.07, 6.45) is 3.19. The molecule has 4 nitrogen and oxygen atoms in total. The number of nitrogens with zero attached hydrogens (tertiary/aromatic N) is 1. The molecule has 4 heteroatoms. The summed E-state index contributed by atoms with van der Waals surface area (Å²) in [4.78, 5) is 16.8. The molecule has 0 radical (unpaired) electrons. The molecule has 1 aromatic rings. The molecule has 1 aromatic heterocycles. The number of hydrogen-bond acceptors (Lipinski definition) is 3. The Morgan fingerprint density at radius 1 is 1.24 bits per heavy atom. The largest absolute Gasteiger partial charge is 0.370 e. The molecule has 1 unspecified atom stereocenters. The van der Waals surface area contributed by atoms with E-state index < -0.39 is 0 Å². The van der Waals surface area contributed by atoms with Crippen molar-refractivity contribution in [3.8, 4) is 0 Å². The molecule has 0 saturated heterocycles. The zero-order valence-corrected chi connectivity index (χ0v) is 14.0. The van der Waals surface area contributed by atoms with E-state index in [1.807, 2.05) is 19.1 Å². The molecule has 1 amide bonds. The standard InChI is InChI=1S/C17H29N3O/c1-6-9-18-16-11-15(10-12(4)19-16)17(21)20-13(5)14(7-2)8-3/h10-11,13-14H,6-9H2,1-5H3,(H,18,19)(H,20,21). The molecule has 0 bridgehead atoms. The van der Waals surface area contributed by atoms with Crippen LogP contribution in [-0.4, -0.2) is 23.5 Å². The molecule has 1 atom stereocenters. The van der Waals surface area contributed by atoms with Gasteiger partial charge in [0, 0.05) is 23.8 Å². The average Bonchev–Trinajstić information content (AvgIpc) is 2.45. The van der Waals surface area contributed by atoms with Gasteiger partial charge in [-0.2, -0.15) is 0 Å². The minimum absolute atomic E-state index is 0.0144. The Hall–Kier alpha value is -1.58. The molecule has 118 valence electrons. The molecule has 2 N–H and O–H groups in total. The third-order valence-electron chi connectivity index (χ3n) is 3.89. The van der Waals surface area contributed by atoms with Crippen LogP contribution >= 0.6 is 0 Å². The van der Waals surface area contributed by atoms with Crippen molar-refractivity contribution in [2.75, 3.05) is 11.9 Å². The van der Waals surface area contributed by atoms with Gasteiger partial charge in [0.25, 0.3) is 5.91 Å². The van der Waals surface area contributed by atoms with Crippen molar-refractivity contribution in [3.63, 3.8) is 0 Å². The maximum Gasteiger partial charge on any atom is 0.251 e. The fourth-order valence-electron chi connectivity index (χ4n) is 2.55. The Bertz CT molecular complexity index is 455. The van der Waals surface area contributed by atoms with Gasteiger partial charge >= 0.3 is 0 Å². The number of aryl methyl sites for hydroxylation is 1. The van der Waals surface area contributed by atoms with Crippen molar-refractivity contribution in [3.05, 3.63) is 23.4 Å². The Morgan fingerprint density at radius 2 is 1.90 bits per heavy atom. The number of rotatable bonds is 8. The van der Waals surface area contributed by atoms with E-state index >= 15 is 0 Å². The van der Waals surface area contributed by atoms with Crippen LogP contribution < -0.4 is 10.6 Å². The van der Waals surface area contributed by atoms with Gasteiger partial charge in [-0.05, 0) is 38.3 Å². The van der Waals surface area contributed by atoms with E-state index in [0.717, 1.165) is 37.3 Å². The fraction of sp³-hybridized carbons (Fsp3) is 0.647. The Kier molecular flexibility index (Phi) is 7.20. The van der Waals surface area contributed by atoms with E-state index in [1.165, 1.54) is 0 Å². The lowest BCUT2D eigenvalue weighted by Crippen LogP contribution is -2.37. The van der Waals surface area contributed by atoms with E-state index in [2.05, 4.69) is 43.3 Å². The van der Waals surface area contributed by atoms with E-state index in [4.69, 9.17) is 0 Å². The first-order valence-corrected chi connectivity index (χ1v) is 8.05. The van der Waals surface area contributed by atoms with Crippen LogP contribution in [0.5, 0.6) is 0 Å². The first kappa shape index (κ1) is 17.5. The average molecular weight is 291 g/mol. The van der Waals surface area contributed by atoms with Crippen molar-refractivity contribution < 1.29 is 4.79 Å². The summed E-state index contributed by atoms with van der Waals surface area (Å²) in [7, 11) is 0. The molecule has 0 aromatic carbocycles. The molecule has 1 rings (SSSR count). The normalized spacial score (nSPS) is 12.3. The second kappa shape index (κ2) is 8.65. The highest BCUT2D eigenvalue weighted by Gasteiger charge is 2.17. The van der Waals surface area contributed by atoms with Crippen LogP contribution in [0.1, 0.15) is 63.0 Å². The van der Waals surface area contributed by atoms with Crippen molar-refractivity contribution in [2.24, 2.45) is 5.92 Å².